The molecule has 1 heterocycles. The number of hydrogen-bond acceptors (Lipinski definition) is 3. The number of carboxylic acid groups (broad SMARTS) is 1. The van der Waals surface area contributed by atoms with Crippen LogP contribution in [0.4, 0.5) is 0 Å². The molecule has 14 heavy (non-hydrogen) atoms. The van der Waals surface area contributed by atoms with E-state index in [-0.39, 0.29) is 12.3 Å². The van der Waals surface area contributed by atoms with E-state index >= 15 is 0 Å². The first-order valence-corrected chi connectivity index (χ1v) is 4.87. The maximum atomic E-state index is 11.2. The van der Waals surface area contributed by atoms with Gasteiger partial charge in [0, 0.05) is 19.4 Å². The second-order valence-electron chi connectivity index (χ2n) is 3.58. The van der Waals surface area contributed by atoms with Crippen molar-refractivity contribution in [1.82, 2.24) is 10.6 Å². The summed E-state index contributed by atoms with van der Waals surface area (Å²) in [5.41, 5.74) is 0. The van der Waals surface area contributed by atoms with Crippen LogP contribution in [-0.4, -0.2) is 36.6 Å². The lowest BCUT2D eigenvalue weighted by atomic mass is 9.99. The molecule has 0 aromatic rings. The average molecular weight is 200 g/mol. The molecule has 80 valence electrons. The van der Waals surface area contributed by atoms with Gasteiger partial charge in [-0.3, -0.25) is 9.59 Å². The van der Waals surface area contributed by atoms with E-state index < -0.39 is 5.97 Å². The van der Waals surface area contributed by atoms with Crippen molar-refractivity contribution in [3.8, 4) is 0 Å². The number of amides is 1. The topological polar surface area (TPSA) is 78.4 Å². The Kier molecular flexibility index (Phi) is 4.39. The van der Waals surface area contributed by atoms with Crippen LogP contribution >= 0.6 is 0 Å². The second kappa shape index (κ2) is 5.59. The van der Waals surface area contributed by atoms with Crippen LogP contribution in [0.25, 0.3) is 0 Å². The molecule has 0 bridgehead atoms. The summed E-state index contributed by atoms with van der Waals surface area (Å²) in [6.07, 6.45) is 1.18. The van der Waals surface area contributed by atoms with Gasteiger partial charge in [-0.25, -0.2) is 0 Å². The Morgan fingerprint density at radius 1 is 1.43 bits per heavy atom. The van der Waals surface area contributed by atoms with Crippen molar-refractivity contribution in [2.24, 2.45) is 5.92 Å². The van der Waals surface area contributed by atoms with Gasteiger partial charge >= 0.3 is 5.97 Å². The lowest BCUT2D eigenvalue weighted by Gasteiger charge is -2.26. The molecule has 0 aliphatic carbocycles. The largest absolute Gasteiger partial charge is 0.481 e. The van der Waals surface area contributed by atoms with E-state index in [0.717, 1.165) is 13.1 Å². The van der Waals surface area contributed by atoms with Crippen molar-refractivity contribution in [1.29, 1.82) is 0 Å². The molecule has 5 heteroatoms. The molecule has 1 aliphatic rings. The molecule has 0 aromatic carbocycles. The van der Waals surface area contributed by atoms with Gasteiger partial charge in [0.1, 0.15) is 0 Å². The number of hydrogen-bond donors (Lipinski definition) is 3. The Morgan fingerprint density at radius 3 is 2.64 bits per heavy atom. The lowest BCUT2D eigenvalue weighted by Crippen LogP contribution is -2.44. The molecule has 0 unspecified atom stereocenters. The maximum Gasteiger partial charge on any atom is 0.303 e. The summed E-state index contributed by atoms with van der Waals surface area (Å²) < 4.78 is 0. The van der Waals surface area contributed by atoms with Crippen molar-refractivity contribution in [3.63, 3.8) is 0 Å². The highest BCUT2D eigenvalue weighted by Gasteiger charge is 2.19. The summed E-state index contributed by atoms with van der Waals surface area (Å²) in [6.45, 7) is 2.30. The van der Waals surface area contributed by atoms with Gasteiger partial charge in [0.25, 0.3) is 0 Å². The van der Waals surface area contributed by atoms with Gasteiger partial charge in [0.2, 0.25) is 5.91 Å². The molecule has 1 rings (SSSR count). The van der Waals surface area contributed by atoms with Gasteiger partial charge in [-0.2, -0.15) is 0 Å². The Labute approximate surface area is 82.9 Å². The van der Waals surface area contributed by atoms with Crippen LogP contribution in [0.5, 0.6) is 0 Å². The highest BCUT2D eigenvalue weighted by atomic mass is 16.4. The normalized spacial score (nSPS) is 16.0. The van der Waals surface area contributed by atoms with Gasteiger partial charge in [0.05, 0.1) is 0 Å². The van der Waals surface area contributed by atoms with E-state index in [1.165, 1.54) is 0 Å². The SMILES string of the molecule is O=C(O)CCCNC(=O)CC1CNC1. The molecule has 1 fully saturated rings. The predicted octanol–water partition coefficient (Wildman–Crippen LogP) is -0.423. The molecule has 0 atom stereocenters. The van der Waals surface area contributed by atoms with Crippen LogP contribution in [0.1, 0.15) is 19.3 Å². The first kappa shape index (κ1) is 11.0. The molecule has 1 amide bonds. The third-order valence-electron chi connectivity index (χ3n) is 2.23. The van der Waals surface area contributed by atoms with Crippen molar-refractivity contribution in [2.75, 3.05) is 19.6 Å². The Hall–Kier alpha value is -1.10. The zero-order valence-electron chi connectivity index (χ0n) is 8.08. The van der Waals surface area contributed by atoms with Crippen LogP contribution in [-0.2, 0) is 9.59 Å². The predicted molar refractivity (Wildman–Crippen MR) is 50.9 cm³/mol. The Bertz CT molecular complexity index is 214. The number of rotatable bonds is 6. The van der Waals surface area contributed by atoms with Gasteiger partial charge in [-0.1, -0.05) is 0 Å². The Morgan fingerprint density at radius 2 is 2.14 bits per heavy atom. The summed E-state index contributed by atoms with van der Waals surface area (Å²) in [5.74, 6) is -0.321. The lowest BCUT2D eigenvalue weighted by molar-refractivity contribution is -0.137. The van der Waals surface area contributed by atoms with E-state index in [1.54, 1.807) is 0 Å². The first-order chi connectivity index (χ1) is 6.68. The maximum absolute atomic E-state index is 11.2. The highest BCUT2D eigenvalue weighted by molar-refractivity contribution is 5.76. The monoisotopic (exact) mass is 200 g/mol. The zero-order valence-corrected chi connectivity index (χ0v) is 8.08. The van der Waals surface area contributed by atoms with Crippen LogP contribution in [0.3, 0.4) is 0 Å². The molecular weight excluding hydrogens is 184 g/mol. The minimum Gasteiger partial charge on any atom is -0.481 e. The summed E-state index contributed by atoms with van der Waals surface area (Å²) >= 11 is 0. The second-order valence-corrected chi connectivity index (χ2v) is 3.58. The molecule has 1 saturated heterocycles. The zero-order chi connectivity index (χ0) is 10.4. The third kappa shape index (κ3) is 4.23. The van der Waals surface area contributed by atoms with E-state index in [9.17, 15) is 9.59 Å². The minimum atomic E-state index is -0.817. The van der Waals surface area contributed by atoms with E-state index in [2.05, 4.69) is 10.6 Å². The smallest absolute Gasteiger partial charge is 0.303 e. The van der Waals surface area contributed by atoms with Crippen LogP contribution in [0.15, 0.2) is 0 Å². The van der Waals surface area contributed by atoms with Crippen molar-refractivity contribution >= 4 is 11.9 Å². The standard InChI is InChI=1S/C9H16N2O3/c12-8(4-7-5-10-6-7)11-3-1-2-9(13)14/h7,10H,1-6H2,(H,11,12)(H,13,14). The fraction of sp³-hybridized carbons (Fsp3) is 0.778. The van der Waals surface area contributed by atoms with Crippen LogP contribution in [0.2, 0.25) is 0 Å². The van der Waals surface area contributed by atoms with Crippen molar-refractivity contribution < 1.29 is 14.7 Å². The number of carboxylic acids is 1. The van der Waals surface area contributed by atoms with Crippen molar-refractivity contribution in [2.45, 2.75) is 19.3 Å². The summed E-state index contributed by atoms with van der Waals surface area (Å²) in [7, 11) is 0. The molecule has 0 aromatic heterocycles. The number of carbonyl (C=O) groups is 2. The Balaban J connectivity index is 1.94. The molecule has 5 nitrogen and oxygen atoms in total. The van der Waals surface area contributed by atoms with Gasteiger partial charge in [0.15, 0.2) is 0 Å². The number of carbonyl (C=O) groups excluding carboxylic acids is 1. The van der Waals surface area contributed by atoms with Gasteiger partial charge in [-0.05, 0) is 25.4 Å². The fourth-order valence-electron chi connectivity index (χ4n) is 1.29. The van der Waals surface area contributed by atoms with E-state index in [4.69, 9.17) is 5.11 Å². The number of nitrogens with one attached hydrogen (secondary N) is 2. The third-order valence-corrected chi connectivity index (χ3v) is 2.23. The molecule has 1 aliphatic heterocycles. The quantitative estimate of drug-likeness (QED) is 0.509. The molecule has 3 N–H and O–H groups in total. The van der Waals surface area contributed by atoms with E-state index in [1.807, 2.05) is 0 Å². The summed E-state index contributed by atoms with van der Waals surface area (Å²) in [6, 6.07) is 0. The molecule has 0 spiro atoms. The van der Waals surface area contributed by atoms with E-state index in [0.29, 0.717) is 25.3 Å². The first-order valence-electron chi connectivity index (χ1n) is 4.87. The number of aliphatic carboxylic acids is 1. The van der Waals surface area contributed by atoms with Crippen LogP contribution in [0, 0.1) is 5.92 Å². The molecule has 0 saturated carbocycles. The van der Waals surface area contributed by atoms with Crippen molar-refractivity contribution in [3.05, 3.63) is 0 Å². The fourth-order valence-corrected chi connectivity index (χ4v) is 1.29. The highest BCUT2D eigenvalue weighted by Crippen LogP contribution is 2.07. The van der Waals surface area contributed by atoms with Gasteiger partial charge in [-0.15, -0.1) is 0 Å². The summed E-state index contributed by atoms with van der Waals surface area (Å²) in [5, 5.41) is 14.1. The molecular formula is C9H16N2O3. The average Bonchev–Trinajstić information content (AvgIpc) is 2.05. The van der Waals surface area contributed by atoms with Crippen LogP contribution < -0.4 is 10.6 Å². The minimum absolute atomic E-state index is 0.0295. The summed E-state index contributed by atoms with van der Waals surface area (Å²) in [4.78, 5) is 21.4. The van der Waals surface area contributed by atoms with Gasteiger partial charge < -0.3 is 15.7 Å². The molecule has 0 radical (unpaired) electrons.